The van der Waals surface area contributed by atoms with Crippen LogP contribution in [-0.2, 0) is 4.74 Å². The maximum atomic E-state index is 5.25. The van der Waals surface area contributed by atoms with Gasteiger partial charge in [-0.25, -0.2) is 0 Å². The van der Waals surface area contributed by atoms with Gasteiger partial charge in [0.2, 0.25) is 0 Å². The Morgan fingerprint density at radius 2 is 2.00 bits per heavy atom. The molecule has 0 radical (unpaired) electrons. The molecule has 5 heteroatoms. The van der Waals surface area contributed by atoms with Crippen molar-refractivity contribution in [3.63, 3.8) is 0 Å². The lowest BCUT2D eigenvalue weighted by molar-refractivity contribution is 0.143. The first kappa shape index (κ1) is 17.4. The normalized spacial score (nSPS) is 10.8. The minimum absolute atomic E-state index is 0. The van der Waals surface area contributed by atoms with E-state index in [4.69, 9.17) is 4.74 Å². The summed E-state index contributed by atoms with van der Waals surface area (Å²) in [6, 6.07) is 0. The number of aliphatic imine (C=N–C) groups is 1. The quantitative estimate of drug-likeness (QED) is 0.348. The molecule has 1 N–H and O–H groups in total. The fourth-order valence-corrected chi connectivity index (χ4v) is 1.11. The monoisotopic (exact) mass is 329 g/mol. The Hall–Kier alpha value is -0.0400. The van der Waals surface area contributed by atoms with Crippen LogP contribution in [0, 0.1) is 0 Å². The lowest BCUT2D eigenvalue weighted by Gasteiger charge is -2.16. The molecule has 0 aromatic rings. The van der Waals surface area contributed by atoms with E-state index in [1.807, 2.05) is 25.9 Å². The van der Waals surface area contributed by atoms with Gasteiger partial charge in [-0.15, -0.1) is 24.0 Å². The van der Waals surface area contributed by atoms with Gasteiger partial charge in [0.1, 0.15) is 0 Å². The van der Waals surface area contributed by atoms with Crippen LogP contribution in [-0.4, -0.2) is 51.8 Å². The Kier molecular flexibility index (Phi) is 13.9. The summed E-state index contributed by atoms with van der Waals surface area (Å²) in [5.41, 5.74) is 0. The third-order valence-electron chi connectivity index (χ3n) is 1.84. The number of halogens is 1. The molecule has 92 valence electrons. The second kappa shape index (κ2) is 12.0. The average Bonchev–Trinajstić information content (AvgIpc) is 2.16. The summed E-state index contributed by atoms with van der Waals surface area (Å²) in [5, 5.41) is 3.27. The van der Waals surface area contributed by atoms with E-state index in [2.05, 4.69) is 10.3 Å². The van der Waals surface area contributed by atoms with E-state index in [9.17, 15) is 0 Å². The van der Waals surface area contributed by atoms with Crippen molar-refractivity contribution < 1.29 is 4.74 Å². The predicted octanol–water partition coefficient (Wildman–Crippen LogP) is 1.56. The largest absolute Gasteiger partial charge is 0.382 e. The molecule has 0 aliphatic carbocycles. The molecule has 0 aliphatic heterocycles. The van der Waals surface area contributed by atoms with Crippen molar-refractivity contribution in [3.05, 3.63) is 0 Å². The molecule has 0 rings (SSSR count). The van der Waals surface area contributed by atoms with E-state index in [0.717, 1.165) is 38.6 Å². The molecule has 0 aromatic heterocycles. The molecule has 0 heterocycles. The first-order valence-electron chi connectivity index (χ1n) is 5.18. The summed E-state index contributed by atoms with van der Waals surface area (Å²) < 4.78 is 5.25. The molecule has 15 heavy (non-hydrogen) atoms. The van der Waals surface area contributed by atoms with Crippen LogP contribution in [0.2, 0.25) is 0 Å². The van der Waals surface area contributed by atoms with E-state index >= 15 is 0 Å². The third-order valence-corrected chi connectivity index (χ3v) is 1.84. The zero-order chi connectivity index (χ0) is 10.8. The van der Waals surface area contributed by atoms with Gasteiger partial charge in [0.15, 0.2) is 5.96 Å². The van der Waals surface area contributed by atoms with Crippen molar-refractivity contribution in [2.45, 2.75) is 19.8 Å². The number of nitrogens with zero attached hydrogens (tertiary/aromatic N) is 2. The zero-order valence-electron chi connectivity index (χ0n) is 10.2. The van der Waals surface area contributed by atoms with Crippen LogP contribution in [0.15, 0.2) is 4.99 Å². The smallest absolute Gasteiger partial charge is 0.193 e. The fraction of sp³-hybridized carbons (Fsp3) is 0.900. The van der Waals surface area contributed by atoms with Crippen molar-refractivity contribution in [2.75, 3.05) is 40.9 Å². The van der Waals surface area contributed by atoms with E-state index < -0.39 is 0 Å². The molecule has 0 bridgehead atoms. The van der Waals surface area contributed by atoms with Crippen molar-refractivity contribution in [1.29, 1.82) is 0 Å². The van der Waals surface area contributed by atoms with Gasteiger partial charge in [0.05, 0.1) is 0 Å². The van der Waals surface area contributed by atoms with Gasteiger partial charge in [-0.2, -0.15) is 0 Å². The molecule has 0 fully saturated rings. The van der Waals surface area contributed by atoms with Crippen LogP contribution in [0.5, 0.6) is 0 Å². The molecule has 4 nitrogen and oxygen atoms in total. The molecule has 0 aromatic carbocycles. The van der Waals surface area contributed by atoms with Crippen molar-refractivity contribution in [3.8, 4) is 0 Å². The summed E-state index contributed by atoms with van der Waals surface area (Å²) >= 11 is 0. The second-order valence-corrected chi connectivity index (χ2v) is 3.27. The Labute approximate surface area is 110 Å². The molecular weight excluding hydrogens is 305 g/mol. The van der Waals surface area contributed by atoms with E-state index in [1.54, 1.807) is 7.05 Å². The highest BCUT2D eigenvalue weighted by Gasteiger charge is 1.97. The van der Waals surface area contributed by atoms with Crippen LogP contribution < -0.4 is 5.32 Å². The number of nitrogens with one attached hydrogen (secondary N) is 1. The molecule has 0 unspecified atom stereocenters. The second-order valence-electron chi connectivity index (χ2n) is 3.27. The topological polar surface area (TPSA) is 36.9 Å². The van der Waals surface area contributed by atoms with Gasteiger partial charge in [0, 0.05) is 40.9 Å². The van der Waals surface area contributed by atoms with E-state index in [-0.39, 0.29) is 24.0 Å². The van der Waals surface area contributed by atoms with Crippen molar-refractivity contribution in [1.82, 2.24) is 10.2 Å². The van der Waals surface area contributed by atoms with Gasteiger partial charge >= 0.3 is 0 Å². The zero-order valence-corrected chi connectivity index (χ0v) is 12.6. The van der Waals surface area contributed by atoms with Crippen LogP contribution >= 0.6 is 24.0 Å². The molecule has 0 amide bonds. The molecule has 0 spiro atoms. The van der Waals surface area contributed by atoms with E-state index in [0.29, 0.717) is 0 Å². The van der Waals surface area contributed by atoms with Crippen LogP contribution in [0.25, 0.3) is 0 Å². The van der Waals surface area contributed by atoms with Crippen LogP contribution in [0.4, 0.5) is 0 Å². The number of hydrogen-bond donors (Lipinski definition) is 1. The van der Waals surface area contributed by atoms with Crippen molar-refractivity contribution >= 4 is 29.9 Å². The van der Waals surface area contributed by atoms with E-state index in [1.165, 1.54) is 0 Å². The van der Waals surface area contributed by atoms with Gasteiger partial charge in [-0.05, 0) is 19.8 Å². The molecular formula is C10H24IN3O. The summed E-state index contributed by atoms with van der Waals surface area (Å²) in [5.74, 6) is 0.932. The standard InChI is InChI=1S/C10H23N3O.HI/c1-5-14-9-7-6-8-12-10(11-2)13(3)4;/h5-9H2,1-4H3,(H,11,12);1H. The molecule has 0 atom stereocenters. The number of unbranched alkanes of at least 4 members (excludes halogenated alkanes) is 1. The van der Waals surface area contributed by atoms with Gasteiger partial charge < -0.3 is 15.0 Å². The Morgan fingerprint density at radius 3 is 2.47 bits per heavy atom. The maximum absolute atomic E-state index is 5.25. The Bertz CT molecular complexity index is 163. The van der Waals surface area contributed by atoms with Gasteiger partial charge in [0.25, 0.3) is 0 Å². The number of guanidine groups is 1. The summed E-state index contributed by atoms with van der Waals surface area (Å²) in [4.78, 5) is 6.10. The summed E-state index contributed by atoms with van der Waals surface area (Å²) in [7, 11) is 5.76. The number of hydrogen-bond acceptors (Lipinski definition) is 2. The molecule has 0 saturated heterocycles. The number of ether oxygens (including phenoxy) is 1. The summed E-state index contributed by atoms with van der Waals surface area (Å²) in [6.07, 6.45) is 2.22. The Balaban J connectivity index is 0. The highest BCUT2D eigenvalue weighted by Crippen LogP contribution is 1.89. The minimum atomic E-state index is 0. The Morgan fingerprint density at radius 1 is 1.33 bits per heavy atom. The first-order valence-corrected chi connectivity index (χ1v) is 5.18. The molecule has 0 saturated carbocycles. The fourth-order valence-electron chi connectivity index (χ4n) is 1.11. The van der Waals surface area contributed by atoms with Crippen LogP contribution in [0.1, 0.15) is 19.8 Å². The van der Waals surface area contributed by atoms with Crippen molar-refractivity contribution in [2.24, 2.45) is 4.99 Å². The minimum Gasteiger partial charge on any atom is -0.382 e. The highest BCUT2D eigenvalue weighted by atomic mass is 127. The highest BCUT2D eigenvalue weighted by molar-refractivity contribution is 14.0. The average molecular weight is 329 g/mol. The summed E-state index contributed by atoms with van der Waals surface area (Å²) in [6.45, 7) is 4.65. The maximum Gasteiger partial charge on any atom is 0.193 e. The van der Waals surface area contributed by atoms with Gasteiger partial charge in [-0.3, -0.25) is 4.99 Å². The predicted molar refractivity (Wildman–Crippen MR) is 76.2 cm³/mol. The lowest BCUT2D eigenvalue weighted by atomic mass is 10.3. The lowest BCUT2D eigenvalue weighted by Crippen LogP contribution is -2.36. The number of rotatable bonds is 6. The van der Waals surface area contributed by atoms with Crippen LogP contribution in [0.3, 0.4) is 0 Å². The molecule has 0 aliphatic rings. The first-order chi connectivity index (χ1) is 6.72. The van der Waals surface area contributed by atoms with Gasteiger partial charge in [-0.1, -0.05) is 0 Å². The third kappa shape index (κ3) is 10.2. The SMILES string of the molecule is CCOCCCCNC(=NC)N(C)C.I.